The molecule has 1 amide bonds. The molecule has 0 radical (unpaired) electrons. The molecule has 0 bridgehead atoms. The molecule has 1 heterocycles. The number of hydrogen-bond acceptors (Lipinski definition) is 3. The number of benzene rings is 1. The van der Waals surface area contributed by atoms with E-state index in [2.05, 4.69) is 15.5 Å². The van der Waals surface area contributed by atoms with Crippen LogP contribution >= 0.6 is 0 Å². The van der Waals surface area contributed by atoms with Crippen LogP contribution in [-0.2, 0) is 4.79 Å². The second-order valence-electron chi connectivity index (χ2n) is 2.99. The highest BCUT2D eigenvalue weighted by Gasteiger charge is 2.11. The minimum Gasteiger partial charge on any atom is -0.322 e. The third-order valence-corrected chi connectivity index (χ3v) is 1.98. The molecule has 0 unspecified atom stereocenters. The van der Waals surface area contributed by atoms with Crippen molar-refractivity contribution in [3.63, 3.8) is 0 Å². The number of carbonyl (C=O) groups excluding carboxylic acids is 1. The Bertz CT molecular complexity index is 508. The Morgan fingerprint density at radius 3 is 3.13 bits per heavy atom. The van der Waals surface area contributed by atoms with Gasteiger partial charge >= 0.3 is 0 Å². The van der Waals surface area contributed by atoms with Crippen molar-refractivity contribution in [1.29, 1.82) is 0 Å². The average molecular weight is 208 g/mol. The van der Waals surface area contributed by atoms with Crippen LogP contribution in [0.15, 0.2) is 18.2 Å². The van der Waals surface area contributed by atoms with Gasteiger partial charge in [0, 0.05) is 0 Å². The van der Waals surface area contributed by atoms with E-state index in [1.165, 1.54) is 6.07 Å². The molecule has 5 nitrogen and oxygen atoms in total. The van der Waals surface area contributed by atoms with E-state index in [1.807, 2.05) is 0 Å². The fourth-order valence-electron chi connectivity index (χ4n) is 1.30. The lowest BCUT2D eigenvalue weighted by Gasteiger charge is -1.99. The summed E-state index contributed by atoms with van der Waals surface area (Å²) in [4.78, 5) is 11.0. The van der Waals surface area contributed by atoms with Crippen molar-refractivity contribution < 1.29 is 9.18 Å². The van der Waals surface area contributed by atoms with Crippen LogP contribution in [-0.4, -0.2) is 22.6 Å². The zero-order chi connectivity index (χ0) is 10.8. The van der Waals surface area contributed by atoms with Gasteiger partial charge in [-0.3, -0.25) is 9.89 Å². The molecule has 0 spiro atoms. The largest absolute Gasteiger partial charge is 0.322 e. The Hall–Kier alpha value is -1.95. The first-order valence-electron chi connectivity index (χ1n) is 4.35. The quantitative estimate of drug-likeness (QED) is 0.675. The molecule has 0 fully saturated rings. The van der Waals surface area contributed by atoms with Crippen LogP contribution in [0, 0.1) is 5.82 Å². The summed E-state index contributed by atoms with van der Waals surface area (Å²) in [5.41, 5.74) is 5.66. The van der Waals surface area contributed by atoms with Gasteiger partial charge in [-0.25, -0.2) is 4.39 Å². The molecule has 1 aromatic heterocycles. The average Bonchev–Trinajstić information content (AvgIpc) is 2.63. The molecule has 0 aliphatic heterocycles. The van der Waals surface area contributed by atoms with Crippen LogP contribution in [0.1, 0.15) is 0 Å². The van der Waals surface area contributed by atoms with Gasteiger partial charge in [-0.1, -0.05) is 6.07 Å². The highest BCUT2D eigenvalue weighted by Crippen LogP contribution is 2.22. The summed E-state index contributed by atoms with van der Waals surface area (Å²) in [7, 11) is 0. The highest BCUT2D eigenvalue weighted by atomic mass is 19.1. The number of halogens is 1. The lowest BCUT2D eigenvalue weighted by Crippen LogP contribution is -2.22. The zero-order valence-corrected chi connectivity index (χ0v) is 7.75. The van der Waals surface area contributed by atoms with Gasteiger partial charge in [0.25, 0.3) is 0 Å². The number of rotatable bonds is 2. The van der Waals surface area contributed by atoms with Crippen LogP contribution in [0.25, 0.3) is 10.9 Å². The van der Waals surface area contributed by atoms with E-state index in [4.69, 9.17) is 5.73 Å². The molecule has 78 valence electrons. The van der Waals surface area contributed by atoms with Crippen molar-refractivity contribution in [1.82, 2.24) is 10.2 Å². The number of hydrogen-bond donors (Lipinski definition) is 3. The Balaban J connectivity index is 2.48. The van der Waals surface area contributed by atoms with E-state index in [0.29, 0.717) is 5.52 Å². The maximum atomic E-state index is 13.4. The summed E-state index contributed by atoms with van der Waals surface area (Å²) in [5, 5.41) is 9.08. The van der Waals surface area contributed by atoms with E-state index in [0.717, 1.165) is 0 Å². The van der Waals surface area contributed by atoms with Gasteiger partial charge in [0.1, 0.15) is 5.82 Å². The second-order valence-corrected chi connectivity index (χ2v) is 2.99. The number of nitrogens with one attached hydrogen (secondary N) is 2. The molecular weight excluding hydrogens is 199 g/mol. The van der Waals surface area contributed by atoms with Crippen molar-refractivity contribution in [2.24, 2.45) is 5.73 Å². The molecule has 0 saturated heterocycles. The molecule has 1 aromatic carbocycles. The number of nitrogens with zero attached hydrogens (tertiary/aromatic N) is 1. The van der Waals surface area contributed by atoms with Gasteiger partial charge < -0.3 is 11.1 Å². The van der Waals surface area contributed by atoms with Gasteiger partial charge in [0.05, 0.1) is 17.4 Å². The number of nitrogens with two attached hydrogens (primary N) is 1. The first-order valence-corrected chi connectivity index (χ1v) is 4.35. The monoisotopic (exact) mass is 208 g/mol. The molecule has 0 aliphatic rings. The summed E-state index contributed by atoms with van der Waals surface area (Å²) in [6.07, 6.45) is 0. The fourth-order valence-corrected chi connectivity index (χ4v) is 1.30. The molecule has 0 aliphatic carbocycles. The van der Waals surface area contributed by atoms with Gasteiger partial charge in [-0.2, -0.15) is 5.10 Å². The Morgan fingerprint density at radius 2 is 2.40 bits per heavy atom. The topological polar surface area (TPSA) is 83.8 Å². The molecule has 2 rings (SSSR count). The Labute approximate surface area is 84.5 Å². The summed E-state index contributed by atoms with van der Waals surface area (Å²) in [5.74, 6) is -0.682. The van der Waals surface area contributed by atoms with Crippen LogP contribution in [0.3, 0.4) is 0 Å². The third-order valence-electron chi connectivity index (χ3n) is 1.98. The number of amides is 1. The predicted molar refractivity (Wildman–Crippen MR) is 53.7 cm³/mol. The van der Waals surface area contributed by atoms with E-state index in [1.54, 1.807) is 12.1 Å². The molecule has 0 atom stereocenters. The smallest absolute Gasteiger partial charge is 0.239 e. The number of carbonyl (C=O) groups is 1. The first kappa shape index (κ1) is 9.60. The van der Waals surface area contributed by atoms with Crippen LogP contribution < -0.4 is 11.1 Å². The van der Waals surface area contributed by atoms with Crippen LogP contribution in [0.4, 0.5) is 10.2 Å². The summed E-state index contributed by atoms with van der Waals surface area (Å²) >= 11 is 0. The molecule has 4 N–H and O–H groups in total. The second kappa shape index (κ2) is 3.66. The Morgan fingerprint density at radius 1 is 1.60 bits per heavy atom. The maximum Gasteiger partial charge on any atom is 0.239 e. The summed E-state index contributed by atoms with van der Waals surface area (Å²) in [6.45, 7) is -0.164. The minimum absolute atomic E-state index is 0.164. The van der Waals surface area contributed by atoms with Crippen LogP contribution in [0.5, 0.6) is 0 Å². The van der Waals surface area contributed by atoms with Crippen molar-refractivity contribution in [2.75, 3.05) is 11.9 Å². The van der Waals surface area contributed by atoms with Crippen molar-refractivity contribution >= 4 is 22.6 Å². The molecular formula is C9H9FN4O. The van der Waals surface area contributed by atoms with E-state index >= 15 is 0 Å². The SMILES string of the molecule is NCC(=O)Nc1n[nH]c2cccc(F)c12. The standard InChI is InChI=1S/C9H9FN4O/c10-5-2-1-3-6-8(5)9(14-13-6)12-7(15)4-11/h1-3H,4,11H2,(H2,12,13,14,15). The predicted octanol–water partition coefficient (Wildman–Crippen LogP) is 0.599. The van der Waals surface area contributed by atoms with Gasteiger partial charge in [0.2, 0.25) is 5.91 Å². The number of aromatic amines is 1. The number of anilines is 1. The van der Waals surface area contributed by atoms with E-state index in [9.17, 15) is 9.18 Å². The maximum absolute atomic E-state index is 13.4. The third kappa shape index (κ3) is 1.66. The number of aromatic nitrogens is 2. The van der Waals surface area contributed by atoms with E-state index in [-0.39, 0.29) is 17.7 Å². The molecule has 15 heavy (non-hydrogen) atoms. The number of H-pyrrole nitrogens is 1. The zero-order valence-electron chi connectivity index (χ0n) is 7.75. The first-order chi connectivity index (χ1) is 7.22. The molecule has 6 heteroatoms. The Kier molecular flexibility index (Phi) is 2.34. The van der Waals surface area contributed by atoms with Crippen molar-refractivity contribution in [3.8, 4) is 0 Å². The fraction of sp³-hybridized carbons (Fsp3) is 0.111. The van der Waals surface area contributed by atoms with E-state index < -0.39 is 11.7 Å². The minimum atomic E-state index is -0.437. The summed E-state index contributed by atoms with van der Waals surface area (Å²) < 4.78 is 13.4. The van der Waals surface area contributed by atoms with Crippen LogP contribution in [0.2, 0.25) is 0 Å². The van der Waals surface area contributed by atoms with Crippen molar-refractivity contribution in [2.45, 2.75) is 0 Å². The lowest BCUT2D eigenvalue weighted by molar-refractivity contribution is -0.114. The number of fused-ring (bicyclic) bond motifs is 1. The molecule has 0 saturated carbocycles. The highest BCUT2D eigenvalue weighted by molar-refractivity contribution is 6.00. The van der Waals surface area contributed by atoms with Gasteiger partial charge in [-0.05, 0) is 12.1 Å². The van der Waals surface area contributed by atoms with Crippen molar-refractivity contribution in [3.05, 3.63) is 24.0 Å². The normalized spacial score (nSPS) is 10.5. The molecule has 2 aromatic rings. The van der Waals surface area contributed by atoms with Gasteiger partial charge in [-0.15, -0.1) is 0 Å². The summed E-state index contributed by atoms with van der Waals surface area (Å²) in [6, 6.07) is 4.53. The lowest BCUT2D eigenvalue weighted by atomic mass is 10.2. The van der Waals surface area contributed by atoms with Gasteiger partial charge in [0.15, 0.2) is 5.82 Å².